The summed E-state index contributed by atoms with van der Waals surface area (Å²) in [6.07, 6.45) is 0.956. The van der Waals surface area contributed by atoms with Crippen molar-refractivity contribution >= 4 is 23.9 Å². The number of carbonyl (C=O) groups is 4. The molecule has 182 valence electrons. The normalized spacial score (nSPS) is 11.2. The lowest BCUT2D eigenvalue weighted by Gasteiger charge is -2.14. The fraction of sp³-hybridized carbons (Fsp3) is 0.360. The number of benzene rings is 2. The third-order valence-electron chi connectivity index (χ3n) is 4.81. The van der Waals surface area contributed by atoms with Crippen LogP contribution in [0.4, 0.5) is 4.79 Å². The maximum Gasteiger partial charge on any atom is 0.407 e. The zero-order valence-electron chi connectivity index (χ0n) is 18.9. The van der Waals surface area contributed by atoms with Crippen molar-refractivity contribution in [2.24, 2.45) is 0 Å². The molecule has 0 aliphatic heterocycles. The molecule has 2 aromatic rings. The number of nitrogens with one attached hydrogen (secondary N) is 2. The highest BCUT2D eigenvalue weighted by atomic mass is 16.5. The van der Waals surface area contributed by atoms with Gasteiger partial charge in [0.2, 0.25) is 5.91 Å². The fourth-order valence-electron chi connectivity index (χ4n) is 2.98. The van der Waals surface area contributed by atoms with E-state index in [1.165, 1.54) is 0 Å². The molecule has 9 nitrogen and oxygen atoms in total. The molecule has 0 saturated carbocycles. The zero-order valence-corrected chi connectivity index (χ0v) is 18.9. The van der Waals surface area contributed by atoms with E-state index in [0.717, 1.165) is 11.1 Å². The number of esters is 1. The van der Waals surface area contributed by atoms with E-state index in [9.17, 15) is 24.3 Å². The Kier molecular flexibility index (Phi) is 11.7. The Morgan fingerprint density at radius 1 is 0.794 bits per heavy atom. The van der Waals surface area contributed by atoms with Gasteiger partial charge in [0.05, 0.1) is 6.42 Å². The monoisotopic (exact) mass is 470 g/mol. The number of rotatable bonds is 14. The topological polar surface area (TPSA) is 131 Å². The number of carboxylic acids is 1. The first-order valence-electron chi connectivity index (χ1n) is 11.1. The number of unbranched alkanes of at least 4 members (excludes halogenated alkanes) is 2. The molecule has 9 heteroatoms. The van der Waals surface area contributed by atoms with Crippen LogP contribution in [0, 0.1) is 0 Å². The van der Waals surface area contributed by atoms with Gasteiger partial charge in [-0.25, -0.2) is 9.59 Å². The molecule has 0 heterocycles. The molecule has 0 spiro atoms. The summed E-state index contributed by atoms with van der Waals surface area (Å²) < 4.78 is 10.2. The number of hydrogen-bond acceptors (Lipinski definition) is 6. The number of hydrogen-bond donors (Lipinski definition) is 3. The molecule has 0 aliphatic carbocycles. The molecule has 1 atom stereocenters. The molecule has 34 heavy (non-hydrogen) atoms. The summed E-state index contributed by atoms with van der Waals surface area (Å²) in [6.45, 7) is 0.630. The van der Waals surface area contributed by atoms with Gasteiger partial charge < -0.3 is 25.2 Å². The van der Waals surface area contributed by atoms with Gasteiger partial charge in [0, 0.05) is 13.0 Å². The van der Waals surface area contributed by atoms with E-state index in [2.05, 4.69) is 10.6 Å². The second-order valence-corrected chi connectivity index (χ2v) is 7.61. The summed E-state index contributed by atoms with van der Waals surface area (Å²) in [5.74, 6) is -2.47. The quantitative estimate of drug-likeness (QED) is 0.285. The number of aliphatic carboxylic acids is 1. The van der Waals surface area contributed by atoms with E-state index < -0.39 is 36.4 Å². The van der Waals surface area contributed by atoms with Gasteiger partial charge in [-0.1, -0.05) is 67.1 Å². The molecule has 0 bridgehead atoms. The van der Waals surface area contributed by atoms with Crippen LogP contribution >= 0.6 is 0 Å². The molecule has 2 rings (SSSR count). The van der Waals surface area contributed by atoms with E-state index in [1.54, 1.807) is 24.3 Å². The highest BCUT2D eigenvalue weighted by Crippen LogP contribution is 2.05. The molecule has 0 radical (unpaired) electrons. The summed E-state index contributed by atoms with van der Waals surface area (Å²) >= 11 is 0. The molecule has 0 unspecified atom stereocenters. The van der Waals surface area contributed by atoms with Crippen molar-refractivity contribution in [2.75, 3.05) is 6.54 Å². The Morgan fingerprint density at radius 2 is 1.38 bits per heavy atom. The van der Waals surface area contributed by atoms with Gasteiger partial charge in [0.25, 0.3) is 0 Å². The average Bonchev–Trinajstić information content (AvgIpc) is 2.84. The van der Waals surface area contributed by atoms with E-state index in [0.29, 0.717) is 25.8 Å². The number of carbonyl (C=O) groups excluding carboxylic acids is 3. The van der Waals surface area contributed by atoms with E-state index in [1.807, 2.05) is 36.4 Å². The highest BCUT2D eigenvalue weighted by molar-refractivity contribution is 5.87. The Hall–Kier alpha value is -3.88. The summed E-state index contributed by atoms with van der Waals surface area (Å²) in [7, 11) is 0. The van der Waals surface area contributed by atoms with Crippen molar-refractivity contribution in [3.8, 4) is 0 Å². The Bertz CT molecular complexity index is 919. The first-order chi connectivity index (χ1) is 16.4. The van der Waals surface area contributed by atoms with Crippen LogP contribution in [0.15, 0.2) is 60.7 Å². The van der Waals surface area contributed by atoms with Crippen LogP contribution in [0.1, 0.15) is 43.2 Å². The summed E-state index contributed by atoms with van der Waals surface area (Å²) in [5.41, 5.74) is 1.68. The fourth-order valence-corrected chi connectivity index (χ4v) is 2.98. The Morgan fingerprint density at radius 3 is 1.97 bits per heavy atom. The maximum atomic E-state index is 12.1. The molecule has 0 aromatic heterocycles. The van der Waals surface area contributed by atoms with Gasteiger partial charge >= 0.3 is 18.0 Å². The minimum absolute atomic E-state index is 0.0355. The first kappa shape index (κ1) is 26.4. The minimum atomic E-state index is -1.35. The van der Waals surface area contributed by atoms with Crippen LogP contribution in [0.5, 0.6) is 0 Å². The largest absolute Gasteiger partial charge is 0.480 e. The number of ether oxygens (including phenoxy) is 2. The minimum Gasteiger partial charge on any atom is -0.480 e. The van der Waals surface area contributed by atoms with Crippen LogP contribution in [-0.2, 0) is 37.1 Å². The predicted octanol–water partition coefficient (Wildman–Crippen LogP) is 3.18. The number of carboxylic acid groups (broad SMARTS) is 1. The second-order valence-electron chi connectivity index (χ2n) is 7.61. The average molecular weight is 471 g/mol. The van der Waals surface area contributed by atoms with Crippen LogP contribution in [0.25, 0.3) is 0 Å². The standard InChI is InChI=1S/C25H30N2O7/c28-22(14-8-3-9-15-26-25(32)34-18-20-12-6-2-7-13-20)27-21(24(30)31)16-23(29)33-17-19-10-4-1-5-11-19/h1-2,4-7,10-13,21H,3,8-9,14-18H2,(H,26,32)(H,27,28)(H,30,31)/t21-/m0/s1. The molecular weight excluding hydrogens is 440 g/mol. The Labute approximate surface area is 198 Å². The van der Waals surface area contributed by atoms with Crippen LogP contribution in [0.2, 0.25) is 0 Å². The van der Waals surface area contributed by atoms with E-state index >= 15 is 0 Å². The highest BCUT2D eigenvalue weighted by Gasteiger charge is 2.24. The maximum absolute atomic E-state index is 12.1. The van der Waals surface area contributed by atoms with Crippen LogP contribution < -0.4 is 10.6 Å². The van der Waals surface area contributed by atoms with E-state index in [4.69, 9.17) is 9.47 Å². The summed E-state index contributed by atoms with van der Waals surface area (Å²) in [5, 5.41) is 14.3. The molecule has 0 fully saturated rings. The molecule has 2 amide bonds. The van der Waals surface area contributed by atoms with Crippen molar-refractivity contribution in [2.45, 2.75) is 51.4 Å². The SMILES string of the molecule is O=C(CCCCCNC(=O)OCc1ccccc1)N[C@@H](CC(=O)OCc1ccccc1)C(=O)O. The first-order valence-corrected chi connectivity index (χ1v) is 11.1. The lowest BCUT2D eigenvalue weighted by atomic mass is 10.1. The Balaban J connectivity index is 1.56. The lowest BCUT2D eigenvalue weighted by molar-refractivity contribution is -0.151. The van der Waals surface area contributed by atoms with Gasteiger partial charge in [-0.2, -0.15) is 0 Å². The number of amides is 2. The van der Waals surface area contributed by atoms with Crippen molar-refractivity contribution in [1.29, 1.82) is 0 Å². The van der Waals surface area contributed by atoms with Gasteiger partial charge in [-0.3, -0.25) is 9.59 Å². The van der Waals surface area contributed by atoms with E-state index in [-0.39, 0.29) is 19.6 Å². The van der Waals surface area contributed by atoms with Crippen LogP contribution in [-0.4, -0.2) is 41.6 Å². The van der Waals surface area contributed by atoms with Crippen molar-refractivity contribution in [1.82, 2.24) is 10.6 Å². The summed E-state index contributed by atoms with van der Waals surface area (Å²) in [6, 6.07) is 17.0. The third kappa shape index (κ3) is 11.1. The van der Waals surface area contributed by atoms with Gasteiger partial charge in [0.1, 0.15) is 19.3 Å². The smallest absolute Gasteiger partial charge is 0.407 e. The number of alkyl carbamates (subject to hydrolysis) is 1. The van der Waals surface area contributed by atoms with Crippen molar-refractivity contribution < 1.29 is 33.8 Å². The van der Waals surface area contributed by atoms with Gasteiger partial charge in [-0.05, 0) is 24.0 Å². The summed E-state index contributed by atoms with van der Waals surface area (Å²) in [4.78, 5) is 47.1. The van der Waals surface area contributed by atoms with Crippen molar-refractivity contribution in [3.63, 3.8) is 0 Å². The second kappa shape index (κ2) is 15.0. The van der Waals surface area contributed by atoms with Gasteiger partial charge in [0.15, 0.2) is 0 Å². The molecule has 3 N–H and O–H groups in total. The lowest BCUT2D eigenvalue weighted by Crippen LogP contribution is -2.42. The third-order valence-corrected chi connectivity index (χ3v) is 4.81. The zero-order chi connectivity index (χ0) is 24.6. The molecule has 2 aromatic carbocycles. The van der Waals surface area contributed by atoms with Crippen molar-refractivity contribution in [3.05, 3.63) is 71.8 Å². The predicted molar refractivity (Wildman–Crippen MR) is 124 cm³/mol. The molecule has 0 saturated heterocycles. The molecule has 0 aliphatic rings. The van der Waals surface area contributed by atoms with Gasteiger partial charge in [-0.15, -0.1) is 0 Å². The van der Waals surface area contributed by atoms with Crippen LogP contribution in [0.3, 0.4) is 0 Å². The molecular formula is C25H30N2O7.